The fourth-order valence-electron chi connectivity index (χ4n) is 2.57. The maximum atomic E-state index is 12.1. The first-order chi connectivity index (χ1) is 11.5. The van der Waals surface area contributed by atoms with Crippen LogP contribution < -0.4 is 10.2 Å². The van der Waals surface area contributed by atoms with Crippen molar-refractivity contribution in [1.82, 2.24) is 5.32 Å². The summed E-state index contributed by atoms with van der Waals surface area (Å²) >= 11 is 0. The minimum atomic E-state index is -0.111. The Labute approximate surface area is 142 Å². The van der Waals surface area contributed by atoms with Crippen LogP contribution >= 0.6 is 0 Å². The first-order valence-corrected chi connectivity index (χ1v) is 8.15. The molecule has 2 amide bonds. The van der Waals surface area contributed by atoms with E-state index in [4.69, 9.17) is 4.42 Å². The van der Waals surface area contributed by atoms with Crippen molar-refractivity contribution in [1.29, 1.82) is 0 Å². The molecule has 24 heavy (non-hydrogen) atoms. The van der Waals surface area contributed by atoms with Crippen molar-refractivity contribution in [2.45, 2.75) is 39.7 Å². The van der Waals surface area contributed by atoms with Gasteiger partial charge in [0.1, 0.15) is 5.76 Å². The van der Waals surface area contributed by atoms with E-state index in [9.17, 15) is 9.59 Å². The van der Waals surface area contributed by atoms with Gasteiger partial charge in [0.2, 0.25) is 11.8 Å². The summed E-state index contributed by atoms with van der Waals surface area (Å²) in [6, 6.07) is 11.4. The summed E-state index contributed by atoms with van der Waals surface area (Å²) in [7, 11) is 0. The molecule has 1 N–H and O–H groups in total. The van der Waals surface area contributed by atoms with Crippen LogP contribution in [0.4, 0.5) is 5.69 Å². The van der Waals surface area contributed by atoms with Crippen LogP contribution in [0.1, 0.15) is 44.4 Å². The van der Waals surface area contributed by atoms with Gasteiger partial charge in [-0.1, -0.05) is 32.0 Å². The Hall–Kier alpha value is -2.56. The second-order valence-corrected chi connectivity index (χ2v) is 5.99. The molecule has 1 heterocycles. The maximum Gasteiger partial charge on any atom is 0.223 e. The average Bonchev–Trinajstić information content (AvgIpc) is 3.06. The lowest BCUT2D eigenvalue weighted by atomic mass is 10.0. The van der Waals surface area contributed by atoms with E-state index in [0.29, 0.717) is 24.8 Å². The molecule has 5 heteroatoms. The van der Waals surface area contributed by atoms with Gasteiger partial charge in [0, 0.05) is 25.6 Å². The largest absolute Gasteiger partial charge is 0.467 e. The number of nitrogens with one attached hydrogen (secondary N) is 1. The van der Waals surface area contributed by atoms with Crippen LogP contribution in [0.2, 0.25) is 0 Å². The Balaban J connectivity index is 1.99. The second-order valence-electron chi connectivity index (χ2n) is 5.99. The van der Waals surface area contributed by atoms with Crippen LogP contribution in [0.3, 0.4) is 0 Å². The predicted octanol–water partition coefficient (Wildman–Crippen LogP) is 3.46. The highest BCUT2D eigenvalue weighted by Crippen LogP contribution is 2.27. The lowest BCUT2D eigenvalue weighted by Gasteiger charge is -2.25. The van der Waals surface area contributed by atoms with Gasteiger partial charge in [0.15, 0.2) is 0 Å². The van der Waals surface area contributed by atoms with Gasteiger partial charge in [-0.2, -0.15) is 0 Å². The van der Waals surface area contributed by atoms with Crippen LogP contribution in [0.25, 0.3) is 0 Å². The summed E-state index contributed by atoms with van der Waals surface area (Å²) in [5.41, 5.74) is 1.97. The minimum absolute atomic E-state index is 0.0677. The summed E-state index contributed by atoms with van der Waals surface area (Å²) in [5.74, 6) is 0.828. The Bertz CT molecular complexity index is 678. The standard InChI is InChI=1S/C19H24N2O3/c1-14(2)17-8-4-5-9-18(17)21(15(3)22)11-10-19(23)20-13-16-7-6-12-24-16/h4-9,12,14H,10-11,13H2,1-3H3,(H,20,23). The Morgan fingerprint density at radius 1 is 1.17 bits per heavy atom. The van der Waals surface area contributed by atoms with E-state index in [2.05, 4.69) is 19.2 Å². The van der Waals surface area contributed by atoms with Crippen molar-refractivity contribution < 1.29 is 14.0 Å². The van der Waals surface area contributed by atoms with Gasteiger partial charge in [-0.25, -0.2) is 0 Å². The quantitative estimate of drug-likeness (QED) is 0.846. The van der Waals surface area contributed by atoms with Gasteiger partial charge < -0.3 is 14.6 Å². The predicted molar refractivity (Wildman–Crippen MR) is 93.7 cm³/mol. The van der Waals surface area contributed by atoms with Crippen LogP contribution in [-0.4, -0.2) is 18.4 Å². The summed E-state index contributed by atoms with van der Waals surface area (Å²) in [5, 5.41) is 2.80. The molecule has 0 aliphatic heterocycles. The van der Waals surface area contributed by atoms with Gasteiger partial charge >= 0.3 is 0 Å². The van der Waals surface area contributed by atoms with E-state index in [-0.39, 0.29) is 18.2 Å². The molecule has 0 saturated carbocycles. The zero-order chi connectivity index (χ0) is 17.5. The molecule has 0 unspecified atom stereocenters. The van der Waals surface area contributed by atoms with Crippen molar-refractivity contribution in [2.24, 2.45) is 0 Å². The number of benzene rings is 1. The molecule has 0 fully saturated rings. The zero-order valence-electron chi connectivity index (χ0n) is 14.4. The van der Waals surface area contributed by atoms with Crippen LogP contribution in [0.15, 0.2) is 47.1 Å². The lowest BCUT2D eigenvalue weighted by molar-refractivity contribution is -0.121. The molecule has 0 aliphatic rings. The molecule has 0 spiro atoms. The molecular formula is C19H24N2O3. The van der Waals surface area contributed by atoms with Crippen LogP contribution in [0, 0.1) is 0 Å². The molecule has 0 saturated heterocycles. The smallest absolute Gasteiger partial charge is 0.223 e. The van der Waals surface area contributed by atoms with Crippen LogP contribution in [0.5, 0.6) is 0 Å². The third kappa shape index (κ3) is 4.72. The zero-order valence-corrected chi connectivity index (χ0v) is 14.4. The molecule has 1 aromatic heterocycles. The summed E-state index contributed by atoms with van der Waals surface area (Å²) in [6.45, 7) is 6.41. The minimum Gasteiger partial charge on any atom is -0.467 e. The Kier molecular flexibility index (Phi) is 6.18. The number of furan rings is 1. The molecule has 1 aromatic carbocycles. The molecule has 0 aliphatic carbocycles. The number of para-hydroxylation sites is 1. The summed E-state index contributed by atoms with van der Waals surface area (Å²) < 4.78 is 5.18. The molecule has 2 aromatic rings. The van der Waals surface area contributed by atoms with Gasteiger partial charge in [-0.05, 0) is 29.7 Å². The van der Waals surface area contributed by atoms with Crippen LogP contribution in [-0.2, 0) is 16.1 Å². The first kappa shape index (κ1) is 17.8. The van der Waals surface area contributed by atoms with E-state index in [0.717, 1.165) is 11.3 Å². The number of amides is 2. The highest BCUT2D eigenvalue weighted by atomic mass is 16.3. The highest BCUT2D eigenvalue weighted by Gasteiger charge is 2.17. The second kappa shape index (κ2) is 8.34. The van der Waals surface area contributed by atoms with Crippen molar-refractivity contribution in [3.63, 3.8) is 0 Å². The van der Waals surface area contributed by atoms with Gasteiger partial charge in [0.25, 0.3) is 0 Å². The topological polar surface area (TPSA) is 62.6 Å². The third-order valence-corrected chi connectivity index (χ3v) is 3.83. The lowest BCUT2D eigenvalue weighted by Crippen LogP contribution is -2.34. The molecule has 128 valence electrons. The number of hydrogen-bond acceptors (Lipinski definition) is 3. The third-order valence-electron chi connectivity index (χ3n) is 3.83. The highest BCUT2D eigenvalue weighted by molar-refractivity contribution is 5.93. The molecule has 0 atom stereocenters. The van der Waals surface area contributed by atoms with E-state index in [1.807, 2.05) is 24.3 Å². The number of rotatable bonds is 7. The van der Waals surface area contributed by atoms with Gasteiger partial charge in [-0.15, -0.1) is 0 Å². The number of carbonyl (C=O) groups is 2. The molecule has 0 bridgehead atoms. The Morgan fingerprint density at radius 2 is 1.92 bits per heavy atom. The normalized spacial score (nSPS) is 10.7. The maximum absolute atomic E-state index is 12.1. The fourth-order valence-corrected chi connectivity index (χ4v) is 2.57. The number of hydrogen-bond donors (Lipinski definition) is 1. The number of anilines is 1. The van der Waals surface area contributed by atoms with Gasteiger partial charge in [-0.3, -0.25) is 9.59 Å². The van der Waals surface area contributed by atoms with E-state index < -0.39 is 0 Å². The van der Waals surface area contributed by atoms with Crippen molar-refractivity contribution in [3.05, 3.63) is 54.0 Å². The molecular weight excluding hydrogens is 304 g/mol. The molecule has 5 nitrogen and oxygen atoms in total. The van der Waals surface area contributed by atoms with Gasteiger partial charge in [0.05, 0.1) is 12.8 Å². The van der Waals surface area contributed by atoms with Crippen molar-refractivity contribution >= 4 is 17.5 Å². The first-order valence-electron chi connectivity index (χ1n) is 8.15. The average molecular weight is 328 g/mol. The molecule has 2 rings (SSSR count). The fraction of sp³-hybridized carbons (Fsp3) is 0.368. The summed E-state index contributed by atoms with van der Waals surface area (Å²) in [6.07, 6.45) is 1.81. The van der Waals surface area contributed by atoms with E-state index in [1.54, 1.807) is 23.3 Å². The monoisotopic (exact) mass is 328 g/mol. The number of nitrogens with zero attached hydrogens (tertiary/aromatic N) is 1. The SMILES string of the molecule is CC(=O)N(CCC(=O)NCc1ccco1)c1ccccc1C(C)C. The Morgan fingerprint density at radius 3 is 2.54 bits per heavy atom. The van der Waals surface area contributed by atoms with Crippen molar-refractivity contribution in [2.75, 3.05) is 11.4 Å². The van der Waals surface area contributed by atoms with E-state index in [1.165, 1.54) is 6.92 Å². The van der Waals surface area contributed by atoms with Crippen molar-refractivity contribution in [3.8, 4) is 0 Å². The molecule has 0 radical (unpaired) electrons. The summed E-state index contributed by atoms with van der Waals surface area (Å²) in [4.78, 5) is 25.7. The number of carbonyl (C=O) groups excluding carboxylic acids is 2. The van der Waals surface area contributed by atoms with E-state index >= 15 is 0 Å².